The van der Waals surface area contributed by atoms with Crippen LogP contribution in [-0.2, 0) is 9.53 Å². The molecule has 1 aliphatic carbocycles. The summed E-state index contributed by atoms with van der Waals surface area (Å²) >= 11 is 0. The van der Waals surface area contributed by atoms with Gasteiger partial charge < -0.3 is 15.6 Å². The summed E-state index contributed by atoms with van der Waals surface area (Å²) in [5, 5.41) is 8.90. The van der Waals surface area contributed by atoms with Crippen LogP contribution >= 0.6 is 0 Å². The van der Waals surface area contributed by atoms with Gasteiger partial charge in [-0.2, -0.15) is 0 Å². The van der Waals surface area contributed by atoms with Crippen LogP contribution in [-0.4, -0.2) is 29.8 Å². The fraction of sp³-hybridized carbons (Fsp3) is 0.857. The first kappa shape index (κ1) is 8.49. The fourth-order valence-electron chi connectivity index (χ4n) is 0.828. The van der Waals surface area contributed by atoms with Gasteiger partial charge in [0.05, 0.1) is 0 Å². The van der Waals surface area contributed by atoms with E-state index in [-0.39, 0.29) is 12.6 Å². The van der Waals surface area contributed by atoms with Crippen LogP contribution in [0.25, 0.3) is 0 Å². The first-order chi connectivity index (χ1) is 5.24. The quantitative estimate of drug-likeness (QED) is 0.539. The zero-order chi connectivity index (χ0) is 8.27. The van der Waals surface area contributed by atoms with Crippen molar-refractivity contribution >= 4 is 5.97 Å². The lowest BCUT2D eigenvalue weighted by atomic mass is 9.96. The Hall–Kier alpha value is -0.610. The van der Waals surface area contributed by atoms with Gasteiger partial charge in [0.1, 0.15) is 6.10 Å². The van der Waals surface area contributed by atoms with Gasteiger partial charge in [0, 0.05) is 6.54 Å². The number of hydrogen-bond donors (Lipinski definition) is 2. The number of carbonyl (C=O) groups is 1. The Balaban J connectivity index is 2.19. The van der Waals surface area contributed by atoms with Gasteiger partial charge in [-0.25, -0.2) is 4.79 Å². The summed E-state index contributed by atoms with van der Waals surface area (Å²) in [5.41, 5.74) is 5.06. The van der Waals surface area contributed by atoms with E-state index < -0.39 is 12.1 Å². The molecular weight excluding hydrogens is 146 g/mol. The molecule has 4 nitrogen and oxygen atoms in total. The molecular formula is C7H13NO3. The van der Waals surface area contributed by atoms with E-state index in [4.69, 9.17) is 15.6 Å². The minimum atomic E-state index is -1.14. The second-order valence-electron chi connectivity index (χ2n) is 2.74. The average molecular weight is 159 g/mol. The second kappa shape index (κ2) is 3.69. The summed E-state index contributed by atoms with van der Waals surface area (Å²) in [6, 6.07) is 0. The molecule has 1 rings (SSSR count). The predicted molar refractivity (Wildman–Crippen MR) is 38.8 cm³/mol. The molecule has 1 atom stereocenters. The number of nitrogens with two attached hydrogens (primary N) is 1. The molecule has 0 amide bonds. The summed E-state index contributed by atoms with van der Waals surface area (Å²) < 4.78 is 4.87. The summed E-state index contributed by atoms with van der Waals surface area (Å²) in [7, 11) is 0. The molecule has 0 radical (unpaired) electrons. The van der Waals surface area contributed by atoms with Crippen LogP contribution < -0.4 is 5.73 Å². The van der Waals surface area contributed by atoms with Crippen LogP contribution in [0.5, 0.6) is 0 Å². The Bertz CT molecular complexity index is 145. The molecule has 3 N–H and O–H groups in total. The first-order valence-corrected chi connectivity index (χ1v) is 3.82. The van der Waals surface area contributed by atoms with Crippen LogP contribution in [0, 0.1) is 0 Å². The number of carbonyl (C=O) groups excluding carboxylic acids is 1. The minimum Gasteiger partial charge on any atom is -0.460 e. The van der Waals surface area contributed by atoms with E-state index in [9.17, 15) is 4.79 Å². The van der Waals surface area contributed by atoms with Crippen molar-refractivity contribution in [2.24, 2.45) is 5.73 Å². The molecule has 0 unspecified atom stereocenters. The van der Waals surface area contributed by atoms with Gasteiger partial charge in [0.15, 0.2) is 6.10 Å². The van der Waals surface area contributed by atoms with Gasteiger partial charge in [0.25, 0.3) is 0 Å². The third-order valence-electron chi connectivity index (χ3n) is 1.83. The molecule has 0 heterocycles. The van der Waals surface area contributed by atoms with Crippen molar-refractivity contribution in [2.75, 3.05) is 6.54 Å². The van der Waals surface area contributed by atoms with Crippen molar-refractivity contribution in [1.29, 1.82) is 0 Å². The van der Waals surface area contributed by atoms with E-state index >= 15 is 0 Å². The van der Waals surface area contributed by atoms with Gasteiger partial charge in [-0.15, -0.1) is 0 Å². The Morgan fingerprint density at radius 3 is 2.73 bits per heavy atom. The maximum absolute atomic E-state index is 10.8. The smallest absolute Gasteiger partial charge is 0.336 e. The zero-order valence-electron chi connectivity index (χ0n) is 6.32. The van der Waals surface area contributed by atoms with Gasteiger partial charge in [0.2, 0.25) is 0 Å². The second-order valence-corrected chi connectivity index (χ2v) is 2.74. The Morgan fingerprint density at radius 1 is 1.73 bits per heavy atom. The largest absolute Gasteiger partial charge is 0.460 e. The fourth-order valence-corrected chi connectivity index (χ4v) is 0.828. The molecule has 1 saturated carbocycles. The SMILES string of the molecule is NC[C@H](O)C(=O)OC1CCC1. The van der Waals surface area contributed by atoms with Gasteiger partial charge in [-0.05, 0) is 19.3 Å². The highest BCUT2D eigenvalue weighted by Crippen LogP contribution is 2.22. The molecule has 0 aromatic heterocycles. The van der Waals surface area contributed by atoms with Crippen molar-refractivity contribution in [3.05, 3.63) is 0 Å². The van der Waals surface area contributed by atoms with E-state index in [1.54, 1.807) is 0 Å². The standard InChI is InChI=1S/C7H13NO3/c8-4-6(9)7(10)11-5-2-1-3-5/h5-6,9H,1-4,8H2/t6-/m0/s1. The predicted octanol–water partition coefficient (Wildman–Crippen LogP) is -0.598. The average Bonchev–Trinajstić information content (AvgIpc) is 1.94. The Kier molecular flexibility index (Phi) is 2.84. The van der Waals surface area contributed by atoms with E-state index in [2.05, 4.69) is 0 Å². The molecule has 1 aliphatic rings. The highest BCUT2D eigenvalue weighted by molar-refractivity contribution is 5.74. The molecule has 11 heavy (non-hydrogen) atoms. The van der Waals surface area contributed by atoms with Gasteiger partial charge in [-0.1, -0.05) is 0 Å². The molecule has 0 bridgehead atoms. The lowest BCUT2D eigenvalue weighted by Crippen LogP contribution is -2.35. The third kappa shape index (κ3) is 2.17. The molecule has 0 aliphatic heterocycles. The van der Waals surface area contributed by atoms with Crippen molar-refractivity contribution < 1.29 is 14.6 Å². The lowest BCUT2D eigenvalue weighted by Gasteiger charge is -2.25. The summed E-state index contributed by atoms with van der Waals surface area (Å²) in [6.45, 7) is -0.0639. The van der Waals surface area contributed by atoms with Crippen LogP contribution in [0.2, 0.25) is 0 Å². The summed E-state index contributed by atoms with van der Waals surface area (Å²) in [6.07, 6.45) is 1.84. The molecule has 0 aromatic carbocycles. The molecule has 0 spiro atoms. The number of rotatable bonds is 3. The molecule has 0 saturated heterocycles. The third-order valence-corrected chi connectivity index (χ3v) is 1.83. The lowest BCUT2D eigenvalue weighted by molar-refractivity contribution is -0.162. The zero-order valence-corrected chi connectivity index (χ0v) is 6.32. The molecule has 64 valence electrons. The van der Waals surface area contributed by atoms with E-state index in [1.165, 1.54) is 0 Å². The number of aliphatic hydroxyl groups excluding tert-OH is 1. The number of hydrogen-bond acceptors (Lipinski definition) is 4. The Morgan fingerprint density at radius 2 is 2.36 bits per heavy atom. The van der Waals surface area contributed by atoms with Crippen molar-refractivity contribution in [3.63, 3.8) is 0 Å². The van der Waals surface area contributed by atoms with Crippen LogP contribution in [0.3, 0.4) is 0 Å². The molecule has 1 fully saturated rings. The monoisotopic (exact) mass is 159 g/mol. The van der Waals surface area contributed by atoms with Gasteiger partial charge >= 0.3 is 5.97 Å². The number of aliphatic hydroxyl groups is 1. The first-order valence-electron chi connectivity index (χ1n) is 3.82. The van der Waals surface area contributed by atoms with Crippen molar-refractivity contribution in [3.8, 4) is 0 Å². The van der Waals surface area contributed by atoms with Crippen LogP contribution in [0.15, 0.2) is 0 Å². The van der Waals surface area contributed by atoms with Crippen LogP contribution in [0.4, 0.5) is 0 Å². The minimum absolute atomic E-state index is 0.0312. The maximum atomic E-state index is 10.8. The number of esters is 1. The van der Waals surface area contributed by atoms with Crippen LogP contribution in [0.1, 0.15) is 19.3 Å². The summed E-state index contributed by atoms with van der Waals surface area (Å²) in [4.78, 5) is 10.8. The van der Waals surface area contributed by atoms with Crippen molar-refractivity contribution in [2.45, 2.75) is 31.5 Å². The van der Waals surface area contributed by atoms with E-state index in [0.717, 1.165) is 19.3 Å². The molecule has 4 heteroatoms. The number of ether oxygens (including phenoxy) is 1. The highest BCUT2D eigenvalue weighted by atomic mass is 16.6. The van der Waals surface area contributed by atoms with Gasteiger partial charge in [-0.3, -0.25) is 0 Å². The summed E-state index contributed by atoms with van der Waals surface area (Å²) in [5.74, 6) is -0.586. The van der Waals surface area contributed by atoms with Crippen molar-refractivity contribution in [1.82, 2.24) is 0 Å². The highest BCUT2D eigenvalue weighted by Gasteiger charge is 2.24. The Labute approximate surface area is 65.3 Å². The molecule has 0 aromatic rings. The topological polar surface area (TPSA) is 72.5 Å². The normalized spacial score (nSPS) is 20.5. The maximum Gasteiger partial charge on any atom is 0.336 e. The van der Waals surface area contributed by atoms with E-state index in [1.807, 2.05) is 0 Å². The van der Waals surface area contributed by atoms with E-state index in [0.29, 0.717) is 0 Å².